The molecule has 0 spiro atoms. The van der Waals surface area contributed by atoms with Crippen LogP contribution in [0.2, 0.25) is 0 Å². The van der Waals surface area contributed by atoms with Crippen LogP contribution in [-0.4, -0.2) is 55.2 Å². The third-order valence-electron chi connectivity index (χ3n) is 5.79. The van der Waals surface area contributed by atoms with Crippen molar-refractivity contribution in [1.29, 1.82) is 0 Å². The Morgan fingerprint density at radius 1 is 1.03 bits per heavy atom. The molecule has 0 aliphatic rings. The van der Waals surface area contributed by atoms with Gasteiger partial charge >= 0.3 is 6.18 Å². The van der Waals surface area contributed by atoms with Gasteiger partial charge in [0, 0.05) is 46.7 Å². The lowest BCUT2D eigenvalue weighted by atomic mass is 10.1. The van der Waals surface area contributed by atoms with E-state index in [0.29, 0.717) is 28.1 Å². The van der Waals surface area contributed by atoms with Crippen LogP contribution in [0.25, 0.3) is 33.4 Å². The minimum Gasteiger partial charge on any atom is -0.351 e. The number of halogens is 3. The molecule has 188 valence electrons. The summed E-state index contributed by atoms with van der Waals surface area (Å²) in [5.74, 6) is 0.338. The van der Waals surface area contributed by atoms with Crippen LogP contribution < -0.4 is 5.32 Å². The average molecular weight is 506 g/mol. The molecule has 0 bridgehead atoms. The Bertz CT molecular complexity index is 1530. The van der Waals surface area contributed by atoms with Crippen LogP contribution in [0.4, 0.5) is 24.7 Å². The third-order valence-corrected chi connectivity index (χ3v) is 5.79. The van der Waals surface area contributed by atoms with Gasteiger partial charge in [-0.2, -0.15) is 18.3 Å². The maximum atomic E-state index is 12.8. The molecule has 0 saturated heterocycles. The Morgan fingerprint density at radius 2 is 1.81 bits per heavy atom. The number of aromatic amines is 2. The van der Waals surface area contributed by atoms with Crippen LogP contribution in [-0.2, 0) is 0 Å². The van der Waals surface area contributed by atoms with E-state index in [1.165, 1.54) is 6.92 Å². The third kappa shape index (κ3) is 5.45. The molecule has 0 atom stereocenters. The van der Waals surface area contributed by atoms with Crippen LogP contribution in [0.1, 0.15) is 17.4 Å². The van der Waals surface area contributed by atoms with Crippen molar-refractivity contribution in [2.24, 2.45) is 0 Å². The number of nitrogens with one attached hydrogen (secondary N) is 3. The summed E-state index contributed by atoms with van der Waals surface area (Å²) in [6.07, 6.45) is 0.737. The highest BCUT2D eigenvalue weighted by Crippen LogP contribution is 2.26. The van der Waals surface area contributed by atoms with E-state index >= 15 is 0 Å². The molecule has 3 N–H and O–H groups in total. The van der Waals surface area contributed by atoms with Gasteiger partial charge < -0.3 is 15.2 Å². The smallest absolute Gasteiger partial charge is 0.351 e. The first kappa shape index (κ1) is 24.0. The number of benzene rings is 2. The summed E-state index contributed by atoms with van der Waals surface area (Å²) in [5.41, 5.74) is 4.24. The van der Waals surface area contributed by atoms with Crippen LogP contribution in [0.5, 0.6) is 0 Å². The van der Waals surface area contributed by atoms with E-state index in [-0.39, 0.29) is 12.2 Å². The van der Waals surface area contributed by atoms with Crippen molar-refractivity contribution in [2.75, 3.05) is 18.4 Å². The van der Waals surface area contributed by atoms with Crippen molar-refractivity contribution in [3.8, 4) is 22.5 Å². The van der Waals surface area contributed by atoms with Crippen molar-refractivity contribution >= 4 is 28.3 Å². The highest BCUT2D eigenvalue weighted by molar-refractivity contribution is 5.98. The second kappa shape index (κ2) is 9.76. The van der Waals surface area contributed by atoms with Gasteiger partial charge in [-0.3, -0.25) is 9.89 Å². The number of aromatic nitrogens is 5. The fourth-order valence-corrected chi connectivity index (χ4v) is 3.97. The van der Waals surface area contributed by atoms with Crippen molar-refractivity contribution in [2.45, 2.75) is 13.1 Å². The molecule has 2 aromatic carbocycles. The first-order valence-corrected chi connectivity index (χ1v) is 11.5. The predicted octanol–water partition coefficient (Wildman–Crippen LogP) is 5.78. The summed E-state index contributed by atoms with van der Waals surface area (Å²) in [4.78, 5) is 25.3. The zero-order valence-electron chi connectivity index (χ0n) is 19.7. The standard InChI is InChI=1S/C26H22F3N7O/c1-2-36(15-26(27,28)29)25(37)22-11-17-3-4-18(12-21(17)34-22)24-30-10-9-23(35-24)33-20-7-5-16(6-8-20)19-13-31-32-14-19/h3-14,34H,2,15H2,1H3,(H,31,32)(H,30,33,35). The van der Waals surface area contributed by atoms with Gasteiger partial charge in [0.15, 0.2) is 5.82 Å². The number of nitrogens with zero attached hydrogens (tertiary/aromatic N) is 4. The van der Waals surface area contributed by atoms with Crippen LogP contribution in [0, 0.1) is 0 Å². The Morgan fingerprint density at radius 3 is 2.51 bits per heavy atom. The first-order chi connectivity index (χ1) is 17.8. The number of carbonyl (C=O) groups excluding carboxylic acids is 1. The number of hydrogen-bond acceptors (Lipinski definition) is 5. The number of anilines is 2. The maximum Gasteiger partial charge on any atom is 0.406 e. The summed E-state index contributed by atoms with van der Waals surface area (Å²) in [7, 11) is 0. The Labute approximate surface area is 209 Å². The molecule has 0 aliphatic carbocycles. The van der Waals surface area contributed by atoms with Crippen molar-refractivity contribution < 1.29 is 18.0 Å². The summed E-state index contributed by atoms with van der Waals surface area (Å²) >= 11 is 0. The van der Waals surface area contributed by atoms with Crippen LogP contribution in [0.3, 0.4) is 0 Å². The molecule has 0 fully saturated rings. The van der Waals surface area contributed by atoms with Crippen molar-refractivity contribution in [1.82, 2.24) is 30.0 Å². The molecule has 1 amide bonds. The maximum absolute atomic E-state index is 12.8. The highest BCUT2D eigenvalue weighted by atomic mass is 19.4. The molecule has 5 aromatic rings. The molecule has 0 radical (unpaired) electrons. The summed E-state index contributed by atoms with van der Waals surface area (Å²) in [6, 6.07) is 16.5. The summed E-state index contributed by atoms with van der Waals surface area (Å²) in [6.45, 7) is 0.151. The van der Waals surface area contributed by atoms with Gasteiger partial charge in [-0.1, -0.05) is 24.3 Å². The average Bonchev–Trinajstić information content (AvgIpc) is 3.57. The van der Waals surface area contributed by atoms with Gasteiger partial charge in [0.2, 0.25) is 0 Å². The SMILES string of the molecule is CCN(CC(F)(F)F)C(=O)c1cc2ccc(-c3nccc(Nc4ccc(-c5cn[nH]c5)cc4)n3)cc2[nH]1. The quantitative estimate of drug-likeness (QED) is 0.260. The molecule has 37 heavy (non-hydrogen) atoms. The van der Waals surface area contributed by atoms with Crippen molar-refractivity contribution in [3.63, 3.8) is 0 Å². The van der Waals surface area contributed by atoms with E-state index in [4.69, 9.17) is 0 Å². The van der Waals surface area contributed by atoms with Gasteiger partial charge in [0.1, 0.15) is 18.1 Å². The minimum atomic E-state index is -4.47. The molecule has 5 rings (SSSR count). The van der Waals surface area contributed by atoms with Crippen LogP contribution >= 0.6 is 0 Å². The molecular weight excluding hydrogens is 483 g/mol. The van der Waals surface area contributed by atoms with Crippen LogP contribution in [0.15, 0.2) is 73.2 Å². The zero-order valence-corrected chi connectivity index (χ0v) is 19.7. The highest BCUT2D eigenvalue weighted by Gasteiger charge is 2.33. The predicted molar refractivity (Wildman–Crippen MR) is 134 cm³/mol. The van der Waals surface area contributed by atoms with E-state index in [1.807, 2.05) is 30.5 Å². The number of alkyl halides is 3. The molecular formula is C26H22F3N7O. The molecule has 0 aliphatic heterocycles. The minimum absolute atomic E-state index is 0.0569. The number of carbonyl (C=O) groups is 1. The van der Waals surface area contributed by atoms with Gasteiger partial charge in [-0.25, -0.2) is 9.97 Å². The number of amides is 1. The number of fused-ring (bicyclic) bond motifs is 1. The second-order valence-electron chi connectivity index (χ2n) is 8.37. The molecule has 8 nitrogen and oxygen atoms in total. The summed E-state index contributed by atoms with van der Waals surface area (Å²) < 4.78 is 38.5. The monoisotopic (exact) mass is 505 g/mol. The fourth-order valence-electron chi connectivity index (χ4n) is 3.97. The summed E-state index contributed by atoms with van der Waals surface area (Å²) in [5, 5.41) is 10.7. The normalized spacial score (nSPS) is 11.6. The first-order valence-electron chi connectivity index (χ1n) is 11.5. The molecule has 0 saturated carbocycles. The zero-order chi connectivity index (χ0) is 26.0. The molecule has 3 aromatic heterocycles. The second-order valence-corrected chi connectivity index (χ2v) is 8.37. The lowest BCUT2D eigenvalue weighted by molar-refractivity contribution is -0.140. The topological polar surface area (TPSA) is 103 Å². The van der Waals surface area contributed by atoms with E-state index in [2.05, 4.69) is 30.5 Å². The van der Waals surface area contributed by atoms with Gasteiger partial charge in [-0.15, -0.1) is 0 Å². The van der Waals surface area contributed by atoms with Gasteiger partial charge in [-0.05, 0) is 42.8 Å². The van der Waals surface area contributed by atoms with E-state index < -0.39 is 18.6 Å². The fraction of sp³-hybridized carbons (Fsp3) is 0.154. The Hall–Kier alpha value is -4.67. The molecule has 11 heteroatoms. The van der Waals surface area contributed by atoms with Gasteiger partial charge in [0.25, 0.3) is 5.91 Å². The number of hydrogen-bond donors (Lipinski definition) is 3. The van der Waals surface area contributed by atoms with Crippen molar-refractivity contribution in [3.05, 3.63) is 78.9 Å². The van der Waals surface area contributed by atoms with E-state index in [0.717, 1.165) is 21.7 Å². The largest absolute Gasteiger partial charge is 0.406 e. The molecule has 3 heterocycles. The Balaban J connectivity index is 1.35. The van der Waals surface area contributed by atoms with E-state index in [1.54, 1.807) is 42.7 Å². The lowest BCUT2D eigenvalue weighted by Crippen LogP contribution is -2.38. The van der Waals surface area contributed by atoms with E-state index in [9.17, 15) is 18.0 Å². The number of H-pyrrole nitrogens is 2. The van der Waals surface area contributed by atoms with Gasteiger partial charge in [0.05, 0.1) is 6.20 Å². The number of rotatable bonds is 7. The lowest BCUT2D eigenvalue weighted by Gasteiger charge is -2.21. The Kier molecular flexibility index (Phi) is 6.34. The molecule has 0 unspecified atom stereocenters.